The van der Waals surface area contributed by atoms with Gasteiger partial charge < -0.3 is 11.1 Å². The van der Waals surface area contributed by atoms with Crippen LogP contribution in [0.2, 0.25) is 0 Å². The molecule has 0 aliphatic heterocycles. The summed E-state index contributed by atoms with van der Waals surface area (Å²) in [5, 5.41) is 14.1. The molecule has 3 N–H and O–H groups in total. The van der Waals surface area contributed by atoms with Crippen LogP contribution in [-0.4, -0.2) is 16.9 Å². The largest absolute Gasteiger partial charge is 0.370 e. The summed E-state index contributed by atoms with van der Waals surface area (Å²) in [4.78, 5) is 21.3. The summed E-state index contributed by atoms with van der Waals surface area (Å²) < 4.78 is 0. The fourth-order valence-electron chi connectivity index (χ4n) is 1.98. The average molecular weight is 265 g/mol. The molecule has 2 unspecified atom stereocenters. The summed E-state index contributed by atoms with van der Waals surface area (Å²) in [6.07, 6.45) is 0.234. The summed E-state index contributed by atoms with van der Waals surface area (Å²) in [7, 11) is 0. The van der Waals surface area contributed by atoms with Gasteiger partial charge in [0.25, 0.3) is 5.69 Å². The predicted molar refractivity (Wildman–Crippen MR) is 72.7 cm³/mol. The van der Waals surface area contributed by atoms with Crippen molar-refractivity contribution >= 4 is 11.6 Å². The molecule has 0 saturated carbocycles. The van der Waals surface area contributed by atoms with Crippen LogP contribution < -0.4 is 11.1 Å². The molecule has 6 nitrogen and oxygen atoms in total. The number of carbonyl (C=O) groups excluding carboxylic acids is 1. The number of nitrogens with one attached hydrogen (secondary N) is 1. The molecule has 0 radical (unpaired) electrons. The number of hydrogen-bond acceptors (Lipinski definition) is 4. The van der Waals surface area contributed by atoms with Crippen molar-refractivity contribution in [1.29, 1.82) is 0 Å². The summed E-state index contributed by atoms with van der Waals surface area (Å²) >= 11 is 0. The molecular weight excluding hydrogens is 246 g/mol. The van der Waals surface area contributed by atoms with Gasteiger partial charge in [0.1, 0.15) is 0 Å². The van der Waals surface area contributed by atoms with E-state index in [0.717, 1.165) is 5.56 Å². The standard InChI is InChI=1S/C13H19N3O3/c1-8-4-5-11(7-12(8)16(18)19)10(3)15-9(2)6-13(14)17/h4-5,7,9-10,15H,6H2,1-3H3,(H2,14,17). The summed E-state index contributed by atoms with van der Waals surface area (Å²) in [6.45, 7) is 5.45. The van der Waals surface area contributed by atoms with E-state index in [-0.39, 0.29) is 30.1 Å². The van der Waals surface area contributed by atoms with E-state index in [1.54, 1.807) is 19.1 Å². The summed E-state index contributed by atoms with van der Waals surface area (Å²) in [5.74, 6) is -0.373. The number of amides is 1. The van der Waals surface area contributed by atoms with Gasteiger partial charge >= 0.3 is 0 Å². The van der Waals surface area contributed by atoms with E-state index in [4.69, 9.17) is 5.73 Å². The molecule has 104 valence electrons. The van der Waals surface area contributed by atoms with Crippen LogP contribution in [0.1, 0.15) is 37.4 Å². The first kappa shape index (κ1) is 15.1. The van der Waals surface area contributed by atoms with E-state index in [1.807, 2.05) is 19.9 Å². The van der Waals surface area contributed by atoms with Crippen molar-refractivity contribution in [2.75, 3.05) is 0 Å². The Labute approximate surface area is 112 Å². The second-order valence-electron chi connectivity index (χ2n) is 4.76. The third kappa shape index (κ3) is 4.33. The van der Waals surface area contributed by atoms with Gasteiger partial charge in [0, 0.05) is 30.1 Å². The van der Waals surface area contributed by atoms with E-state index >= 15 is 0 Å². The maximum Gasteiger partial charge on any atom is 0.272 e. The molecule has 0 saturated heterocycles. The molecule has 19 heavy (non-hydrogen) atoms. The number of aryl methyl sites for hydroxylation is 1. The summed E-state index contributed by atoms with van der Waals surface area (Å²) in [6, 6.07) is 4.97. The highest BCUT2D eigenvalue weighted by atomic mass is 16.6. The van der Waals surface area contributed by atoms with Crippen molar-refractivity contribution in [2.45, 2.75) is 39.3 Å². The van der Waals surface area contributed by atoms with Gasteiger partial charge in [0.05, 0.1) is 4.92 Å². The second kappa shape index (κ2) is 6.29. The van der Waals surface area contributed by atoms with Gasteiger partial charge in [0.2, 0.25) is 5.91 Å². The van der Waals surface area contributed by atoms with Gasteiger partial charge in [-0.2, -0.15) is 0 Å². The number of nitro benzene ring substituents is 1. The fraction of sp³-hybridized carbons (Fsp3) is 0.462. The number of carbonyl (C=O) groups is 1. The Balaban J connectivity index is 2.82. The van der Waals surface area contributed by atoms with Crippen molar-refractivity contribution < 1.29 is 9.72 Å². The number of hydrogen-bond donors (Lipinski definition) is 2. The van der Waals surface area contributed by atoms with Gasteiger partial charge in [-0.1, -0.05) is 12.1 Å². The molecule has 1 aromatic rings. The summed E-state index contributed by atoms with van der Waals surface area (Å²) in [5.41, 5.74) is 6.67. The third-order valence-corrected chi connectivity index (χ3v) is 2.97. The molecule has 0 aliphatic rings. The number of nitrogens with zero attached hydrogens (tertiary/aromatic N) is 1. The molecule has 1 rings (SSSR count). The van der Waals surface area contributed by atoms with Gasteiger partial charge in [-0.3, -0.25) is 14.9 Å². The number of primary amides is 1. The van der Waals surface area contributed by atoms with E-state index < -0.39 is 4.92 Å². The topological polar surface area (TPSA) is 98.3 Å². The van der Waals surface area contributed by atoms with Gasteiger partial charge in [0.15, 0.2) is 0 Å². The van der Waals surface area contributed by atoms with Crippen LogP contribution in [0, 0.1) is 17.0 Å². The molecule has 2 atom stereocenters. The lowest BCUT2D eigenvalue weighted by Crippen LogP contribution is -2.32. The molecule has 0 heterocycles. The Morgan fingerprint density at radius 2 is 2.11 bits per heavy atom. The van der Waals surface area contributed by atoms with Crippen molar-refractivity contribution in [3.8, 4) is 0 Å². The maximum atomic E-state index is 10.9. The van der Waals surface area contributed by atoms with E-state index in [9.17, 15) is 14.9 Å². The highest BCUT2D eigenvalue weighted by Gasteiger charge is 2.16. The fourth-order valence-corrected chi connectivity index (χ4v) is 1.98. The quantitative estimate of drug-likeness (QED) is 0.605. The lowest BCUT2D eigenvalue weighted by molar-refractivity contribution is -0.385. The normalized spacial score (nSPS) is 13.8. The van der Waals surface area contributed by atoms with Crippen molar-refractivity contribution in [2.24, 2.45) is 5.73 Å². The highest BCUT2D eigenvalue weighted by Crippen LogP contribution is 2.23. The van der Waals surface area contributed by atoms with Crippen LogP contribution in [-0.2, 0) is 4.79 Å². The minimum atomic E-state index is -0.390. The van der Waals surface area contributed by atoms with Crippen LogP contribution in [0.25, 0.3) is 0 Å². The lowest BCUT2D eigenvalue weighted by Gasteiger charge is -2.19. The molecule has 0 fully saturated rings. The molecule has 1 amide bonds. The molecule has 6 heteroatoms. The van der Waals surface area contributed by atoms with Gasteiger partial charge in [-0.05, 0) is 26.3 Å². The molecule has 0 aromatic heterocycles. The second-order valence-corrected chi connectivity index (χ2v) is 4.76. The molecular formula is C13H19N3O3. The predicted octanol–water partition coefficient (Wildman–Crippen LogP) is 1.82. The SMILES string of the molecule is Cc1ccc(C(C)NC(C)CC(N)=O)cc1[N+](=O)[O-]. The molecule has 0 spiro atoms. The van der Waals surface area contributed by atoms with E-state index in [2.05, 4.69) is 5.32 Å². The Hall–Kier alpha value is -1.95. The van der Waals surface area contributed by atoms with Crippen LogP contribution in [0.5, 0.6) is 0 Å². The Kier molecular flexibility index (Phi) is 5.00. The lowest BCUT2D eigenvalue weighted by atomic mass is 10.0. The minimum Gasteiger partial charge on any atom is -0.370 e. The molecule has 0 aliphatic carbocycles. The smallest absolute Gasteiger partial charge is 0.272 e. The van der Waals surface area contributed by atoms with Crippen LogP contribution >= 0.6 is 0 Å². The van der Waals surface area contributed by atoms with E-state index in [1.165, 1.54) is 0 Å². The minimum absolute atomic E-state index is 0.0761. The zero-order chi connectivity index (χ0) is 14.6. The Morgan fingerprint density at radius 3 is 2.63 bits per heavy atom. The number of nitrogens with two attached hydrogens (primary N) is 1. The number of nitro groups is 1. The Bertz CT molecular complexity index is 488. The molecule has 1 aromatic carbocycles. The van der Waals surface area contributed by atoms with Crippen LogP contribution in [0.3, 0.4) is 0 Å². The van der Waals surface area contributed by atoms with E-state index in [0.29, 0.717) is 5.56 Å². The third-order valence-electron chi connectivity index (χ3n) is 2.97. The van der Waals surface area contributed by atoms with Gasteiger partial charge in [-0.15, -0.1) is 0 Å². The first-order valence-corrected chi connectivity index (χ1v) is 6.10. The van der Waals surface area contributed by atoms with Crippen molar-refractivity contribution in [3.05, 3.63) is 39.4 Å². The first-order valence-electron chi connectivity index (χ1n) is 6.10. The zero-order valence-electron chi connectivity index (χ0n) is 11.3. The number of rotatable bonds is 6. The monoisotopic (exact) mass is 265 g/mol. The van der Waals surface area contributed by atoms with Gasteiger partial charge in [-0.25, -0.2) is 0 Å². The average Bonchev–Trinajstić information content (AvgIpc) is 2.27. The molecule has 0 bridgehead atoms. The van der Waals surface area contributed by atoms with Crippen LogP contribution in [0.15, 0.2) is 18.2 Å². The van der Waals surface area contributed by atoms with Crippen LogP contribution in [0.4, 0.5) is 5.69 Å². The highest BCUT2D eigenvalue weighted by molar-refractivity contribution is 5.74. The first-order chi connectivity index (χ1) is 8.81. The number of benzene rings is 1. The Morgan fingerprint density at radius 1 is 1.47 bits per heavy atom. The van der Waals surface area contributed by atoms with Crippen molar-refractivity contribution in [1.82, 2.24) is 5.32 Å². The zero-order valence-corrected chi connectivity index (χ0v) is 11.3. The maximum absolute atomic E-state index is 10.9. The van der Waals surface area contributed by atoms with Crippen molar-refractivity contribution in [3.63, 3.8) is 0 Å².